The molecule has 7 nitrogen and oxygen atoms in total. The van der Waals surface area contributed by atoms with Crippen LogP contribution in [0, 0.1) is 0 Å². The number of anilines is 1. The van der Waals surface area contributed by atoms with E-state index in [1.807, 2.05) is 20.8 Å². The van der Waals surface area contributed by atoms with Gasteiger partial charge in [0.1, 0.15) is 0 Å². The molecular formula is C21H26ClN3O4S. The fourth-order valence-corrected chi connectivity index (χ4v) is 4.00. The summed E-state index contributed by atoms with van der Waals surface area (Å²) in [4.78, 5) is 24.8. The first-order chi connectivity index (χ1) is 14.0. The second-order valence-corrected chi connectivity index (χ2v) is 9.35. The standard InChI is InChI=1S/C21H26ClN3O4S/c1-5-14(4)25-30(28,29)17-9-6-15(7-10-17)20(26)24-19-12-16(8-11-18(19)22)21(27)23-13(2)3/h6-14,25H,5H2,1-4H3,(H,23,27)(H,24,26). The normalized spacial score (nSPS) is 12.5. The van der Waals surface area contributed by atoms with Crippen molar-refractivity contribution in [3.05, 3.63) is 58.6 Å². The highest BCUT2D eigenvalue weighted by molar-refractivity contribution is 7.89. The van der Waals surface area contributed by atoms with Crippen molar-refractivity contribution in [3.63, 3.8) is 0 Å². The second kappa shape index (κ2) is 10.1. The molecule has 162 valence electrons. The molecule has 1 atom stereocenters. The van der Waals surface area contributed by atoms with E-state index in [1.54, 1.807) is 13.0 Å². The van der Waals surface area contributed by atoms with Crippen LogP contribution in [-0.2, 0) is 10.0 Å². The lowest BCUT2D eigenvalue weighted by atomic mass is 10.1. The molecule has 1 unspecified atom stereocenters. The van der Waals surface area contributed by atoms with Crippen LogP contribution in [0.5, 0.6) is 0 Å². The van der Waals surface area contributed by atoms with Crippen LogP contribution >= 0.6 is 11.6 Å². The Balaban J connectivity index is 2.18. The zero-order chi connectivity index (χ0) is 22.5. The van der Waals surface area contributed by atoms with Gasteiger partial charge in [0.05, 0.1) is 15.6 Å². The summed E-state index contributed by atoms with van der Waals surface area (Å²) in [5.41, 5.74) is 0.903. The highest BCUT2D eigenvalue weighted by Crippen LogP contribution is 2.24. The quantitative estimate of drug-likeness (QED) is 0.567. The minimum absolute atomic E-state index is 0.0317. The molecule has 2 aromatic rings. The highest BCUT2D eigenvalue weighted by Gasteiger charge is 2.18. The van der Waals surface area contributed by atoms with E-state index in [0.717, 1.165) is 0 Å². The first-order valence-electron chi connectivity index (χ1n) is 9.57. The Morgan fingerprint density at radius 1 is 0.967 bits per heavy atom. The molecule has 0 aliphatic heterocycles. The molecule has 2 aromatic carbocycles. The first kappa shape index (κ1) is 23.9. The van der Waals surface area contributed by atoms with Crippen molar-refractivity contribution in [2.75, 3.05) is 5.32 Å². The minimum atomic E-state index is -3.65. The molecule has 0 spiro atoms. The molecule has 30 heavy (non-hydrogen) atoms. The molecule has 0 aliphatic carbocycles. The van der Waals surface area contributed by atoms with E-state index in [4.69, 9.17) is 11.6 Å². The Labute approximate surface area is 182 Å². The number of amides is 2. The van der Waals surface area contributed by atoms with Crippen LogP contribution in [0.2, 0.25) is 5.02 Å². The summed E-state index contributed by atoms with van der Waals surface area (Å²) in [5, 5.41) is 5.71. The van der Waals surface area contributed by atoms with Gasteiger partial charge in [0.15, 0.2) is 0 Å². The van der Waals surface area contributed by atoms with Crippen molar-refractivity contribution in [1.29, 1.82) is 0 Å². The van der Waals surface area contributed by atoms with Gasteiger partial charge in [-0.25, -0.2) is 13.1 Å². The number of rotatable bonds is 8. The molecular weight excluding hydrogens is 426 g/mol. The van der Waals surface area contributed by atoms with E-state index in [2.05, 4.69) is 15.4 Å². The van der Waals surface area contributed by atoms with Gasteiger partial charge in [0, 0.05) is 23.2 Å². The van der Waals surface area contributed by atoms with Crippen molar-refractivity contribution in [1.82, 2.24) is 10.0 Å². The van der Waals surface area contributed by atoms with E-state index in [1.165, 1.54) is 36.4 Å². The van der Waals surface area contributed by atoms with Crippen molar-refractivity contribution < 1.29 is 18.0 Å². The van der Waals surface area contributed by atoms with Gasteiger partial charge in [-0.1, -0.05) is 18.5 Å². The zero-order valence-electron chi connectivity index (χ0n) is 17.3. The van der Waals surface area contributed by atoms with Crippen molar-refractivity contribution in [3.8, 4) is 0 Å². The van der Waals surface area contributed by atoms with Gasteiger partial charge in [-0.3, -0.25) is 9.59 Å². The number of carbonyl (C=O) groups is 2. The van der Waals surface area contributed by atoms with E-state index >= 15 is 0 Å². The molecule has 9 heteroatoms. The molecule has 0 fully saturated rings. The molecule has 0 aromatic heterocycles. The smallest absolute Gasteiger partial charge is 0.255 e. The highest BCUT2D eigenvalue weighted by atomic mass is 35.5. The van der Waals surface area contributed by atoms with Crippen LogP contribution in [0.4, 0.5) is 5.69 Å². The van der Waals surface area contributed by atoms with E-state index in [-0.39, 0.29) is 39.2 Å². The molecule has 2 rings (SSSR count). The lowest BCUT2D eigenvalue weighted by Gasteiger charge is -2.13. The summed E-state index contributed by atoms with van der Waals surface area (Å²) in [5.74, 6) is -0.752. The molecule has 3 N–H and O–H groups in total. The van der Waals surface area contributed by atoms with E-state index < -0.39 is 15.9 Å². The van der Waals surface area contributed by atoms with Gasteiger partial charge in [-0.2, -0.15) is 0 Å². The maximum absolute atomic E-state index is 12.6. The van der Waals surface area contributed by atoms with Crippen molar-refractivity contribution in [2.24, 2.45) is 0 Å². The summed E-state index contributed by atoms with van der Waals surface area (Å²) in [6, 6.07) is 9.94. The summed E-state index contributed by atoms with van der Waals surface area (Å²) >= 11 is 6.15. The third-order valence-electron chi connectivity index (χ3n) is 4.29. The summed E-state index contributed by atoms with van der Waals surface area (Å²) < 4.78 is 27.2. The number of hydrogen-bond acceptors (Lipinski definition) is 4. The monoisotopic (exact) mass is 451 g/mol. The fraction of sp³-hybridized carbons (Fsp3) is 0.333. The lowest BCUT2D eigenvalue weighted by Crippen LogP contribution is -2.32. The Kier molecular flexibility index (Phi) is 8.00. The topological polar surface area (TPSA) is 104 Å². The molecule has 0 bridgehead atoms. The number of hydrogen-bond donors (Lipinski definition) is 3. The van der Waals surface area contributed by atoms with Crippen LogP contribution in [0.25, 0.3) is 0 Å². The molecule has 0 radical (unpaired) electrons. The van der Waals surface area contributed by atoms with Crippen LogP contribution < -0.4 is 15.4 Å². The van der Waals surface area contributed by atoms with E-state index in [0.29, 0.717) is 12.0 Å². The van der Waals surface area contributed by atoms with Crippen LogP contribution in [0.15, 0.2) is 47.4 Å². The summed E-state index contributed by atoms with van der Waals surface area (Å²) in [6.45, 7) is 7.35. The van der Waals surface area contributed by atoms with Crippen molar-refractivity contribution in [2.45, 2.75) is 51.1 Å². The summed E-state index contributed by atoms with van der Waals surface area (Å²) in [7, 11) is -3.65. The maximum Gasteiger partial charge on any atom is 0.255 e. The lowest BCUT2D eigenvalue weighted by molar-refractivity contribution is 0.0941. The van der Waals surface area contributed by atoms with Crippen LogP contribution in [0.3, 0.4) is 0 Å². The third-order valence-corrected chi connectivity index (χ3v) is 6.23. The number of nitrogens with one attached hydrogen (secondary N) is 3. The number of benzene rings is 2. The molecule has 0 aliphatic rings. The SMILES string of the molecule is CCC(C)NS(=O)(=O)c1ccc(C(=O)Nc2cc(C(=O)NC(C)C)ccc2Cl)cc1. The maximum atomic E-state index is 12.6. The van der Waals surface area contributed by atoms with Gasteiger partial charge in [0.25, 0.3) is 11.8 Å². The number of halogens is 1. The van der Waals surface area contributed by atoms with E-state index in [9.17, 15) is 18.0 Å². The van der Waals surface area contributed by atoms with Crippen molar-refractivity contribution >= 4 is 39.1 Å². The largest absolute Gasteiger partial charge is 0.350 e. The first-order valence-corrected chi connectivity index (χ1v) is 11.4. The molecule has 0 saturated heterocycles. The fourth-order valence-electron chi connectivity index (χ4n) is 2.50. The Bertz CT molecular complexity index is 1020. The number of sulfonamides is 1. The minimum Gasteiger partial charge on any atom is -0.350 e. The Hall–Kier alpha value is -2.42. The average Bonchev–Trinajstić information content (AvgIpc) is 2.68. The third kappa shape index (κ3) is 6.29. The van der Waals surface area contributed by atoms with Gasteiger partial charge in [-0.15, -0.1) is 0 Å². The predicted octanol–water partition coefficient (Wildman–Crippen LogP) is 3.81. The summed E-state index contributed by atoms with van der Waals surface area (Å²) in [6.07, 6.45) is 0.661. The van der Waals surface area contributed by atoms with Crippen LogP contribution in [0.1, 0.15) is 54.8 Å². The Morgan fingerprint density at radius 2 is 1.57 bits per heavy atom. The van der Waals surface area contributed by atoms with Gasteiger partial charge in [0.2, 0.25) is 10.0 Å². The van der Waals surface area contributed by atoms with Gasteiger partial charge >= 0.3 is 0 Å². The van der Waals surface area contributed by atoms with Crippen LogP contribution in [-0.4, -0.2) is 32.3 Å². The average molecular weight is 452 g/mol. The number of carbonyl (C=O) groups excluding carboxylic acids is 2. The van der Waals surface area contributed by atoms with Gasteiger partial charge < -0.3 is 10.6 Å². The Morgan fingerprint density at radius 3 is 2.13 bits per heavy atom. The molecule has 0 heterocycles. The zero-order valence-corrected chi connectivity index (χ0v) is 18.9. The predicted molar refractivity (Wildman–Crippen MR) is 119 cm³/mol. The molecule has 2 amide bonds. The van der Waals surface area contributed by atoms with Gasteiger partial charge in [-0.05, 0) is 69.7 Å². The second-order valence-electron chi connectivity index (χ2n) is 7.23. The molecule has 0 saturated carbocycles.